The van der Waals surface area contributed by atoms with Crippen molar-refractivity contribution in [2.45, 2.75) is 32.9 Å². The van der Waals surface area contributed by atoms with Crippen molar-refractivity contribution in [2.75, 3.05) is 23.9 Å². The number of sulfone groups is 1. The molecule has 0 bridgehead atoms. The highest BCUT2D eigenvalue weighted by molar-refractivity contribution is 7.90. The number of nitrogens with zero attached hydrogens (tertiary/aromatic N) is 2. The zero-order valence-electron chi connectivity index (χ0n) is 15.8. The van der Waals surface area contributed by atoms with Crippen LogP contribution in [0, 0.1) is 0 Å². The lowest BCUT2D eigenvalue weighted by Crippen LogP contribution is -2.32. The van der Waals surface area contributed by atoms with Crippen molar-refractivity contribution in [1.82, 2.24) is 15.1 Å². The molecule has 0 unspecified atom stereocenters. The summed E-state index contributed by atoms with van der Waals surface area (Å²) in [5, 5.41) is 9.93. The lowest BCUT2D eigenvalue weighted by molar-refractivity contribution is 0.248. The van der Waals surface area contributed by atoms with E-state index in [-0.39, 0.29) is 24.4 Å². The van der Waals surface area contributed by atoms with Crippen molar-refractivity contribution in [3.05, 3.63) is 42.2 Å². The highest BCUT2D eigenvalue weighted by atomic mass is 32.2. The van der Waals surface area contributed by atoms with Crippen LogP contribution in [0.3, 0.4) is 0 Å². The SMILES string of the molecule is CC[C@H](NC(=O)Nc1cccc(OCCS(C)(=O)=O)c1)c1cnn(CC)c1. The highest BCUT2D eigenvalue weighted by Gasteiger charge is 2.14. The molecule has 0 aliphatic carbocycles. The third kappa shape index (κ3) is 6.93. The van der Waals surface area contributed by atoms with Crippen LogP contribution in [0.1, 0.15) is 31.9 Å². The average molecular weight is 394 g/mol. The standard InChI is InChI=1S/C18H26N4O4S/c1-4-17(14-12-19-22(5-2)13-14)21-18(23)20-15-7-6-8-16(11-15)26-9-10-27(3,24)25/h6-8,11-13,17H,4-5,9-10H2,1-3H3,(H2,20,21,23)/t17-/m0/s1. The highest BCUT2D eigenvalue weighted by Crippen LogP contribution is 2.19. The maximum Gasteiger partial charge on any atom is 0.319 e. The number of carbonyl (C=O) groups excluding carboxylic acids is 1. The zero-order chi connectivity index (χ0) is 19.9. The molecule has 0 aliphatic rings. The molecule has 0 radical (unpaired) electrons. The predicted molar refractivity (Wildman–Crippen MR) is 105 cm³/mol. The summed E-state index contributed by atoms with van der Waals surface area (Å²) < 4.78 is 29.5. The number of nitrogens with one attached hydrogen (secondary N) is 2. The lowest BCUT2D eigenvalue weighted by Gasteiger charge is -2.16. The fraction of sp³-hybridized carbons (Fsp3) is 0.444. The first kappa shape index (κ1) is 20.8. The van der Waals surface area contributed by atoms with Crippen LogP contribution in [-0.4, -0.2) is 42.8 Å². The van der Waals surface area contributed by atoms with Gasteiger partial charge in [0, 0.05) is 36.3 Å². The van der Waals surface area contributed by atoms with E-state index in [0.29, 0.717) is 11.4 Å². The van der Waals surface area contributed by atoms with Gasteiger partial charge in [0.05, 0.1) is 18.0 Å². The van der Waals surface area contributed by atoms with Crippen molar-refractivity contribution in [3.8, 4) is 5.75 Å². The van der Waals surface area contributed by atoms with E-state index in [9.17, 15) is 13.2 Å². The maximum atomic E-state index is 12.3. The monoisotopic (exact) mass is 394 g/mol. The van der Waals surface area contributed by atoms with Gasteiger partial charge < -0.3 is 15.4 Å². The molecule has 0 fully saturated rings. The number of ether oxygens (including phenoxy) is 1. The van der Waals surface area contributed by atoms with Crippen LogP contribution in [0.25, 0.3) is 0 Å². The Morgan fingerprint density at radius 1 is 1.33 bits per heavy atom. The summed E-state index contributed by atoms with van der Waals surface area (Å²) >= 11 is 0. The Kier molecular flexibility index (Phi) is 7.23. The lowest BCUT2D eigenvalue weighted by atomic mass is 10.1. The number of amides is 2. The molecular formula is C18H26N4O4S. The molecule has 0 saturated carbocycles. The van der Waals surface area contributed by atoms with E-state index in [0.717, 1.165) is 24.8 Å². The maximum absolute atomic E-state index is 12.3. The fourth-order valence-electron chi connectivity index (χ4n) is 2.45. The molecule has 1 heterocycles. The van der Waals surface area contributed by atoms with Crippen molar-refractivity contribution >= 4 is 21.6 Å². The summed E-state index contributed by atoms with van der Waals surface area (Å²) in [6, 6.07) is 6.35. The van der Waals surface area contributed by atoms with Crippen LogP contribution in [0.15, 0.2) is 36.7 Å². The van der Waals surface area contributed by atoms with Gasteiger partial charge in [-0.15, -0.1) is 0 Å². The van der Waals surface area contributed by atoms with Gasteiger partial charge in [0.25, 0.3) is 0 Å². The second-order valence-electron chi connectivity index (χ2n) is 6.19. The van der Waals surface area contributed by atoms with Gasteiger partial charge in [0.2, 0.25) is 0 Å². The number of hydrogen-bond donors (Lipinski definition) is 2. The molecule has 1 aromatic carbocycles. The molecule has 2 rings (SSSR count). The Labute approximate surface area is 159 Å². The summed E-state index contributed by atoms with van der Waals surface area (Å²) in [7, 11) is -3.08. The smallest absolute Gasteiger partial charge is 0.319 e. The number of urea groups is 1. The Hall–Kier alpha value is -2.55. The van der Waals surface area contributed by atoms with Crippen LogP contribution in [0.4, 0.5) is 10.5 Å². The van der Waals surface area contributed by atoms with Crippen LogP contribution in [0.2, 0.25) is 0 Å². The molecule has 2 amide bonds. The number of anilines is 1. The molecule has 2 aromatic rings. The minimum absolute atomic E-state index is 0.0607. The molecule has 148 valence electrons. The van der Waals surface area contributed by atoms with E-state index in [2.05, 4.69) is 15.7 Å². The first-order valence-corrected chi connectivity index (χ1v) is 10.9. The van der Waals surface area contributed by atoms with Crippen molar-refractivity contribution in [1.29, 1.82) is 0 Å². The van der Waals surface area contributed by atoms with Crippen LogP contribution < -0.4 is 15.4 Å². The predicted octanol–water partition coefficient (Wildman–Crippen LogP) is 2.60. The summed E-state index contributed by atoms with van der Waals surface area (Å²) in [5.41, 5.74) is 1.51. The molecule has 1 aromatic heterocycles. The first-order valence-electron chi connectivity index (χ1n) is 8.81. The number of aryl methyl sites for hydroxylation is 1. The van der Waals surface area contributed by atoms with E-state index in [1.807, 2.05) is 24.7 Å². The van der Waals surface area contributed by atoms with Crippen LogP contribution in [-0.2, 0) is 16.4 Å². The van der Waals surface area contributed by atoms with Crippen molar-refractivity contribution < 1.29 is 17.9 Å². The van der Waals surface area contributed by atoms with Gasteiger partial charge in [-0.1, -0.05) is 13.0 Å². The largest absolute Gasteiger partial charge is 0.492 e. The van der Waals surface area contributed by atoms with Crippen LogP contribution >= 0.6 is 0 Å². The Bertz CT molecular complexity index is 864. The van der Waals surface area contributed by atoms with Gasteiger partial charge in [-0.2, -0.15) is 5.10 Å². The summed E-state index contributed by atoms with van der Waals surface area (Å²) in [6.45, 7) is 4.83. The van der Waals surface area contributed by atoms with E-state index in [1.54, 1.807) is 30.5 Å². The topological polar surface area (TPSA) is 102 Å². The molecule has 0 spiro atoms. The molecular weight excluding hydrogens is 368 g/mol. The van der Waals surface area contributed by atoms with Crippen molar-refractivity contribution in [2.24, 2.45) is 0 Å². The number of aromatic nitrogens is 2. The summed E-state index contributed by atoms with van der Waals surface area (Å²) in [4.78, 5) is 12.3. The fourth-order valence-corrected chi connectivity index (χ4v) is 2.84. The second-order valence-corrected chi connectivity index (χ2v) is 8.45. The van der Waals surface area contributed by atoms with Gasteiger partial charge in [-0.25, -0.2) is 13.2 Å². The van der Waals surface area contributed by atoms with Crippen molar-refractivity contribution in [3.63, 3.8) is 0 Å². The van der Waals surface area contributed by atoms with Gasteiger partial charge in [0.15, 0.2) is 9.84 Å². The Morgan fingerprint density at radius 3 is 2.74 bits per heavy atom. The van der Waals surface area contributed by atoms with Gasteiger partial charge in [0.1, 0.15) is 12.4 Å². The molecule has 0 aliphatic heterocycles. The van der Waals surface area contributed by atoms with Gasteiger partial charge in [-0.05, 0) is 25.5 Å². The minimum Gasteiger partial charge on any atom is -0.492 e. The molecule has 0 saturated heterocycles. The third-order valence-electron chi connectivity index (χ3n) is 3.91. The number of carbonyl (C=O) groups is 1. The van der Waals surface area contributed by atoms with Crippen LogP contribution in [0.5, 0.6) is 5.75 Å². The first-order chi connectivity index (χ1) is 12.8. The number of rotatable bonds is 9. The quantitative estimate of drug-likeness (QED) is 0.681. The van der Waals surface area contributed by atoms with E-state index >= 15 is 0 Å². The second kappa shape index (κ2) is 9.40. The Balaban J connectivity index is 1.93. The molecule has 9 heteroatoms. The number of benzene rings is 1. The minimum atomic E-state index is -3.08. The van der Waals surface area contributed by atoms with E-state index in [1.165, 1.54) is 0 Å². The average Bonchev–Trinajstić information content (AvgIpc) is 3.08. The molecule has 2 N–H and O–H groups in total. The van der Waals surface area contributed by atoms with Gasteiger partial charge in [-0.3, -0.25) is 4.68 Å². The number of hydrogen-bond acceptors (Lipinski definition) is 5. The summed E-state index contributed by atoms with van der Waals surface area (Å²) in [6.07, 6.45) is 5.57. The normalized spacial score (nSPS) is 12.4. The zero-order valence-corrected chi connectivity index (χ0v) is 16.6. The third-order valence-corrected chi connectivity index (χ3v) is 4.82. The summed E-state index contributed by atoms with van der Waals surface area (Å²) in [5.74, 6) is 0.433. The van der Waals surface area contributed by atoms with Gasteiger partial charge >= 0.3 is 6.03 Å². The Morgan fingerprint density at radius 2 is 2.11 bits per heavy atom. The molecule has 27 heavy (non-hydrogen) atoms. The van der Waals surface area contributed by atoms with E-state index in [4.69, 9.17) is 4.74 Å². The van der Waals surface area contributed by atoms with E-state index < -0.39 is 9.84 Å². The molecule has 8 nitrogen and oxygen atoms in total. The molecule has 1 atom stereocenters.